The molecule has 0 radical (unpaired) electrons. The van der Waals surface area contributed by atoms with Gasteiger partial charge in [0, 0.05) is 11.1 Å². The molecule has 0 spiro atoms. The summed E-state index contributed by atoms with van der Waals surface area (Å²) in [6.45, 7) is 0.421. The first-order valence-corrected chi connectivity index (χ1v) is 8.18. The molecule has 2 aromatic rings. The van der Waals surface area contributed by atoms with E-state index in [0.29, 0.717) is 5.56 Å². The number of alkyl halides is 3. The second-order valence-electron chi connectivity index (χ2n) is 5.88. The number of halogens is 5. The van der Waals surface area contributed by atoms with E-state index in [0.717, 1.165) is 18.4 Å². The van der Waals surface area contributed by atoms with Crippen LogP contribution in [0.5, 0.6) is 0 Å². The molecular weight excluding hydrogens is 351 g/mol. The molecule has 26 heavy (non-hydrogen) atoms. The molecule has 0 bridgehead atoms. The van der Waals surface area contributed by atoms with Crippen LogP contribution < -0.4 is 0 Å². The van der Waals surface area contributed by atoms with E-state index in [4.69, 9.17) is 0 Å². The molecule has 0 saturated heterocycles. The molecule has 6 heteroatoms. The lowest BCUT2D eigenvalue weighted by Crippen LogP contribution is -2.16. The first-order chi connectivity index (χ1) is 12.3. The lowest BCUT2D eigenvalue weighted by atomic mass is 10.0. The van der Waals surface area contributed by atoms with Gasteiger partial charge in [-0.3, -0.25) is 0 Å². The van der Waals surface area contributed by atoms with Crippen molar-refractivity contribution in [2.75, 3.05) is 6.61 Å². The van der Waals surface area contributed by atoms with E-state index < -0.39 is 24.4 Å². The minimum Gasteiger partial charge on any atom is -0.367 e. The van der Waals surface area contributed by atoms with Gasteiger partial charge in [0.05, 0.1) is 6.61 Å². The molecule has 0 saturated carbocycles. The molecule has 1 nitrogen and oxygen atoms in total. The van der Waals surface area contributed by atoms with Crippen LogP contribution in [0.25, 0.3) is 11.7 Å². The average molecular weight is 370 g/mol. The summed E-state index contributed by atoms with van der Waals surface area (Å²) < 4.78 is 69.2. The van der Waals surface area contributed by atoms with Gasteiger partial charge >= 0.3 is 6.18 Å². The molecular formula is C20H19F5O. The lowest BCUT2D eigenvalue weighted by Gasteiger charge is -2.08. The van der Waals surface area contributed by atoms with Crippen LogP contribution in [0.15, 0.2) is 48.5 Å². The maximum Gasteiger partial charge on any atom is 0.411 e. The van der Waals surface area contributed by atoms with E-state index in [1.807, 2.05) is 6.92 Å². The Morgan fingerprint density at radius 1 is 0.808 bits per heavy atom. The van der Waals surface area contributed by atoms with Crippen molar-refractivity contribution < 1.29 is 26.7 Å². The predicted molar refractivity (Wildman–Crippen MR) is 91.6 cm³/mol. The third-order valence-corrected chi connectivity index (χ3v) is 3.68. The summed E-state index contributed by atoms with van der Waals surface area (Å²) in [5.74, 6) is -2.00. The summed E-state index contributed by atoms with van der Waals surface area (Å²) in [7, 11) is 0. The molecule has 0 aliphatic rings. The summed E-state index contributed by atoms with van der Waals surface area (Å²) in [5, 5.41) is 0. The fourth-order valence-electron chi connectivity index (χ4n) is 2.39. The minimum atomic E-state index is -4.40. The molecule has 0 atom stereocenters. The number of ether oxygens (including phenoxy) is 1. The summed E-state index contributed by atoms with van der Waals surface area (Å²) >= 11 is 0. The van der Waals surface area contributed by atoms with Crippen molar-refractivity contribution in [2.24, 2.45) is 0 Å². The van der Waals surface area contributed by atoms with Crippen LogP contribution in [0.1, 0.15) is 35.6 Å². The van der Waals surface area contributed by atoms with Crippen LogP contribution in [-0.4, -0.2) is 12.8 Å². The molecule has 0 fully saturated rings. The molecule has 0 aromatic heterocycles. The highest BCUT2D eigenvalue weighted by molar-refractivity contribution is 5.83. The van der Waals surface area contributed by atoms with Gasteiger partial charge in [0.15, 0.2) is 11.7 Å². The maximum atomic E-state index is 14.3. The van der Waals surface area contributed by atoms with Crippen LogP contribution in [0.2, 0.25) is 0 Å². The van der Waals surface area contributed by atoms with Crippen molar-refractivity contribution in [2.45, 2.75) is 32.5 Å². The van der Waals surface area contributed by atoms with Gasteiger partial charge < -0.3 is 4.74 Å². The topological polar surface area (TPSA) is 9.23 Å². The molecule has 2 aromatic carbocycles. The lowest BCUT2D eigenvalue weighted by molar-refractivity contribution is -0.176. The number of hydrogen-bond acceptors (Lipinski definition) is 1. The fourth-order valence-corrected chi connectivity index (χ4v) is 2.39. The number of rotatable bonds is 7. The third-order valence-electron chi connectivity index (χ3n) is 3.68. The van der Waals surface area contributed by atoms with E-state index >= 15 is 0 Å². The van der Waals surface area contributed by atoms with Crippen LogP contribution in [0, 0.1) is 0 Å². The maximum absolute atomic E-state index is 14.3. The van der Waals surface area contributed by atoms with Gasteiger partial charge in [-0.1, -0.05) is 61.9 Å². The molecule has 0 heterocycles. The van der Waals surface area contributed by atoms with Crippen molar-refractivity contribution in [3.05, 3.63) is 70.8 Å². The Morgan fingerprint density at radius 2 is 1.27 bits per heavy atom. The smallest absolute Gasteiger partial charge is 0.367 e. The highest BCUT2D eigenvalue weighted by atomic mass is 19.4. The molecule has 0 aliphatic carbocycles. The van der Waals surface area contributed by atoms with E-state index in [9.17, 15) is 22.0 Å². The summed E-state index contributed by atoms with van der Waals surface area (Å²) in [6, 6.07) is 12.0. The van der Waals surface area contributed by atoms with Crippen molar-refractivity contribution in [1.29, 1.82) is 0 Å². The number of benzene rings is 2. The zero-order chi connectivity index (χ0) is 19.2. The highest BCUT2D eigenvalue weighted by Gasteiger charge is 2.27. The second-order valence-corrected chi connectivity index (χ2v) is 5.88. The normalized spacial score (nSPS) is 12.8. The first-order valence-electron chi connectivity index (χ1n) is 8.18. The van der Waals surface area contributed by atoms with Gasteiger partial charge in [-0.2, -0.15) is 13.2 Å². The van der Waals surface area contributed by atoms with Gasteiger partial charge in [-0.15, -0.1) is 0 Å². The van der Waals surface area contributed by atoms with Gasteiger partial charge in [0.2, 0.25) is 0 Å². The molecule has 0 amide bonds. The average Bonchev–Trinajstić information content (AvgIpc) is 2.61. The van der Waals surface area contributed by atoms with Crippen molar-refractivity contribution in [3.8, 4) is 0 Å². The van der Waals surface area contributed by atoms with Crippen LogP contribution >= 0.6 is 0 Å². The Balaban J connectivity index is 2.07. The van der Waals surface area contributed by atoms with Crippen molar-refractivity contribution >= 4 is 11.7 Å². The number of aryl methyl sites for hydroxylation is 1. The molecule has 0 N–H and O–H groups in total. The van der Waals surface area contributed by atoms with Crippen LogP contribution in [0.3, 0.4) is 0 Å². The largest absolute Gasteiger partial charge is 0.411 e. The zero-order valence-electron chi connectivity index (χ0n) is 14.2. The quantitative estimate of drug-likeness (QED) is 0.400. The molecule has 2 rings (SSSR count). The molecule has 0 unspecified atom stereocenters. The number of hydrogen-bond donors (Lipinski definition) is 0. The molecule has 0 aliphatic heterocycles. The second kappa shape index (κ2) is 8.94. The van der Waals surface area contributed by atoms with E-state index in [-0.39, 0.29) is 17.7 Å². The Labute approximate surface area is 149 Å². The summed E-state index contributed by atoms with van der Waals surface area (Å²) in [4.78, 5) is 0. The van der Waals surface area contributed by atoms with Gasteiger partial charge in [-0.05, 0) is 17.5 Å². The van der Waals surface area contributed by atoms with Crippen LogP contribution in [-0.2, 0) is 17.8 Å². The van der Waals surface area contributed by atoms with E-state index in [2.05, 4.69) is 4.74 Å². The SMILES string of the molecule is CCCc1ccc(/C(F)=C(/F)c2ccc(COCC(F)(F)F)cc2)cc1. The van der Waals surface area contributed by atoms with Gasteiger partial charge in [-0.25, -0.2) is 8.78 Å². The molecule has 140 valence electrons. The van der Waals surface area contributed by atoms with Gasteiger partial charge in [0.25, 0.3) is 0 Å². The Hall–Kier alpha value is -2.21. The van der Waals surface area contributed by atoms with Crippen LogP contribution in [0.4, 0.5) is 22.0 Å². The van der Waals surface area contributed by atoms with Gasteiger partial charge in [0.1, 0.15) is 6.61 Å². The Bertz CT molecular complexity index is 730. The third kappa shape index (κ3) is 5.95. The summed E-state index contributed by atoms with van der Waals surface area (Å²) in [6.07, 6.45) is -2.57. The Morgan fingerprint density at radius 3 is 1.69 bits per heavy atom. The standard InChI is InChI=1S/C20H19F5O/c1-2-3-14-4-8-16(9-5-14)18(21)19(22)17-10-6-15(7-11-17)12-26-13-20(23,24)25/h4-11H,2-3,12-13H2,1H3/b19-18-. The van der Waals surface area contributed by atoms with Crippen molar-refractivity contribution in [3.63, 3.8) is 0 Å². The van der Waals surface area contributed by atoms with E-state index in [1.165, 1.54) is 36.4 Å². The first kappa shape index (κ1) is 20.1. The minimum absolute atomic E-state index is 0.0136. The van der Waals surface area contributed by atoms with E-state index in [1.54, 1.807) is 12.1 Å². The van der Waals surface area contributed by atoms with Crippen molar-refractivity contribution in [1.82, 2.24) is 0 Å². The Kier molecular flexibility index (Phi) is 6.91. The fraction of sp³-hybridized carbons (Fsp3) is 0.300. The summed E-state index contributed by atoms with van der Waals surface area (Å²) in [5.41, 5.74) is 1.64. The monoisotopic (exact) mass is 370 g/mol. The highest BCUT2D eigenvalue weighted by Crippen LogP contribution is 2.29. The zero-order valence-corrected chi connectivity index (χ0v) is 14.2. The predicted octanol–water partition coefficient (Wildman–Crippen LogP) is 6.48.